The third-order valence-electron chi connectivity index (χ3n) is 2.63. The van der Waals surface area contributed by atoms with E-state index in [1.54, 1.807) is 12.2 Å². The fourth-order valence-electron chi connectivity index (χ4n) is 1.39. The van der Waals surface area contributed by atoms with Gasteiger partial charge in [-0.3, -0.25) is 9.59 Å². The van der Waals surface area contributed by atoms with Crippen LogP contribution in [0.3, 0.4) is 0 Å². The maximum atomic E-state index is 12.2. The average Bonchev–Trinajstić information content (AvgIpc) is 2.39. The van der Waals surface area contributed by atoms with Crippen molar-refractivity contribution in [3.05, 3.63) is 35.9 Å². The molecule has 0 radical (unpaired) electrons. The first-order valence-corrected chi connectivity index (χ1v) is 6.19. The van der Waals surface area contributed by atoms with Gasteiger partial charge < -0.3 is 10.6 Å². The van der Waals surface area contributed by atoms with Crippen LogP contribution < -0.4 is 10.6 Å². The van der Waals surface area contributed by atoms with E-state index in [9.17, 15) is 22.8 Å². The third kappa shape index (κ3) is 5.29. The van der Waals surface area contributed by atoms with Crippen LogP contribution in [0.25, 0.3) is 0 Å². The Morgan fingerprint density at radius 1 is 1.14 bits per heavy atom. The fraction of sp³-hybridized carbons (Fsp3) is 0.286. The lowest BCUT2D eigenvalue weighted by Crippen LogP contribution is -2.30. The number of amides is 2. The normalized spacial score (nSPS) is 12.0. The van der Waals surface area contributed by atoms with Crippen LogP contribution in [-0.2, 0) is 9.59 Å². The smallest absolute Gasteiger partial charge is 0.321 e. The predicted molar refractivity (Wildman–Crippen MR) is 73.8 cm³/mol. The number of alkyl halides is 3. The lowest BCUT2D eigenvalue weighted by atomic mass is 10.2. The van der Waals surface area contributed by atoms with E-state index < -0.39 is 18.0 Å². The first-order chi connectivity index (χ1) is 9.74. The van der Waals surface area contributed by atoms with Crippen molar-refractivity contribution in [2.24, 2.45) is 0 Å². The zero-order valence-corrected chi connectivity index (χ0v) is 11.5. The van der Waals surface area contributed by atoms with Crippen molar-refractivity contribution in [1.82, 2.24) is 0 Å². The van der Waals surface area contributed by atoms with Crippen molar-refractivity contribution in [2.45, 2.75) is 26.4 Å². The van der Waals surface area contributed by atoms with Gasteiger partial charge in [-0.15, -0.1) is 0 Å². The summed E-state index contributed by atoms with van der Waals surface area (Å²) in [5, 5.41) is 4.16. The molecule has 0 aliphatic rings. The summed E-state index contributed by atoms with van der Waals surface area (Å²) >= 11 is 0. The van der Waals surface area contributed by atoms with Crippen LogP contribution in [0.5, 0.6) is 0 Å². The van der Waals surface area contributed by atoms with E-state index >= 15 is 0 Å². The molecule has 0 unspecified atom stereocenters. The Labute approximate surface area is 120 Å². The summed E-state index contributed by atoms with van der Waals surface area (Å²) in [5.41, 5.74) is 0.806. The highest BCUT2D eigenvalue weighted by atomic mass is 19.4. The standard InChI is InChI=1S/C14H15F3N2O2/c1-3-9(2)8-12(20)18-10-6-4-5-7-11(10)19-13(21)14(15,16)17/h4-8H,3H2,1-2H3,(H,18,20)(H,19,21)/b9-8+. The van der Waals surface area contributed by atoms with Gasteiger partial charge in [0.2, 0.25) is 5.91 Å². The number of nitrogens with one attached hydrogen (secondary N) is 2. The van der Waals surface area contributed by atoms with Crippen LogP contribution in [0.2, 0.25) is 0 Å². The second-order valence-corrected chi connectivity index (χ2v) is 4.33. The third-order valence-corrected chi connectivity index (χ3v) is 2.63. The molecule has 0 aromatic heterocycles. The molecule has 4 nitrogen and oxygen atoms in total. The summed E-state index contributed by atoms with van der Waals surface area (Å²) in [6, 6.07) is 5.67. The van der Waals surface area contributed by atoms with Crippen LogP contribution >= 0.6 is 0 Å². The first kappa shape index (κ1) is 16.7. The molecule has 0 saturated carbocycles. The molecule has 21 heavy (non-hydrogen) atoms. The van der Waals surface area contributed by atoms with Gasteiger partial charge in [0.1, 0.15) is 0 Å². The molecule has 1 rings (SSSR count). The van der Waals surface area contributed by atoms with Gasteiger partial charge in [-0.05, 0) is 25.5 Å². The number of anilines is 2. The van der Waals surface area contributed by atoms with Gasteiger partial charge in [-0.1, -0.05) is 24.6 Å². The van der Waals surface area contributed by atoms with E-state index in [1.165, 1.54) is 30.3 Å². The number of carbonyl (C=O) groups excluding carboxylic acids is 2. The van der Waals surface area contributed by atoms with Crippen LogP contribution in [-0.4, -0.2) is 18.0 Å². The summed E-state index contributed by atoms with van der Waals surface area (Å²) < 4.78 is 36.7. The number of carbonyl (C=O) groups is 2. The topological polar surface area (TPSA) is 58.2 Å². The molecule has 1 aromatic rings. The minimum Gasteiger partial charge on any atom is -0.321 e. The molecular formula is C14H15F3N2O2. The number of rotatable bonds is 4. The Morgan fingerprint density at radius 2 is 1.67 bits per heavy atom. The molecule has 7 heteroatoms. The van der Waals surface area contributed by atoms with E-state index in [0.717, 1.165) is 5.57 Å². The largest absolute Gasteiger partial charge is 0.471 e. The molecular weight excluding hydrogens is 285 g/mol. The van der Waals surface area contributed by atoms with E-state index in [0.29, 0.717) is 6.42 Å². The van der Waals surface area contributed by atoms with Gasteiger partial charge in [-0.25, -0.2) is 0 Å². The summed E-state index contributed by atoms with van der Waals surface area (Å²) in [5.74, 6) is -2.56. The zero-order valence-electron chi connectivity index (χ0n) is 11.5. The fourth-order valence-corrected chi connectivity index (χ4v) is 1.39. The minimum absolute atomic E-state index is 0.0975. The van der Waals surface area contributed by atoms with E-state index in [1.807, 2.05) is 6.92 Å². The van der Waals surface area contributed by atoms with Crippen molar-refractivity contribution in [3.8, 4) is 0 Å². The van der Waals surface area contributed by atoms with Crippen molar-refractivity contribution in [2.75, 3.05) is 10.6 Å². The number of hydrogen-bond donors (Lipinski definition) is 2. The molecule has 2 N–H and O–H groups in total. The highest BCUT2D eigenvalue weighted by Gasteiger charge is 2.38. The van der Waals surface area contributed by atoms with Gasteiger partial charge >= 0.3 is 12.1 Å². The SMILES string of the molecule is CC/C(C)=C/C(=O)Nc1ccccc1NC(=O)C(F)(F)F. The Morgan fingerprint density at radius 3 is 2.14 bits per heavy atom. The highest BCUT2D eigenvalue weighted by Crippen LogP contribution is 2.24. The summed E-state index contributed by atoms with van der Waals surface area (Å²) in [7, 11) is 0. The monoisotopic (exact) mass is 300 g/mol. The number of hydrogen-bond acceptors (Lipinski definition) is 2. The summed E-state index contributed by atoms with van der Waals surface area (Å²) in [6.07, 6.45) is -2.96. The van der Waals surface area contributed by atoms with Crippen LogP contribution in [0.15, 0.2) is 35.9 Å². The molecule has 0 aliphatic heterocycles. The quantitative estimate of drug-likeness (QED) is 0.836. The predicted octanol–water partition coefficient (Wildman–Crippen LogP) is 3.48. The number of halogens is 3. The first-order valence-electron chi connectivity index (χ1n) is 6.19. The molecule has 0 spiro atoms. The number of allylic oxidation sites excluding steroid dienone is 1. The highest BCUT2D eigenvalue weighted by molar-refractivity contribution is 6.04. The van der Waals surface area contributed by atoms with Crippen LogP contribution in [0.4, 0.5) is 24.5 Å². The van der Waals surface area contributed by atoms with E-state index in [4.69, 9.17) is 0 Å². The summed E-state index contributed by atoms with van der Waals surface area (Å²) in [4.78, 5) is 22.6. The van der Waals surface area contributed by atoms with Gasteiger partial charge in [0, 0.05) is 6.08 Å². The Bertz CT molecular complexity index is 566. The lowest BCUT2D eigenvalue weighted by Gasteiger charge is -2.12. The zero-order chi connectivity index (χ0) is 16.0. The summed E-state index contributed by atoms with van der Waals surface area (Å²) in [6.45, 7) is 3.63. The van der Waals surface area contributed by atoms with Crippen molar-refractivity contribution in [3.63, 3.8) is 0 Å². The minimum atomic E-state index is -4.99. The maximum Gasteiger partial charge on any atom is 0.471 e. The molecule has 1 aromatic carbocycles. The van der Waals surface area contributed by atoms with E-state index in [2.05, 4.69) is 5.32 Å². The lowest BCUT2D eigenvalue weighted by molar-refractivity contribution is -0.167. The van der Waals surface area contributed by atoms with Crippen LogP contribution in [0, 0.1) is 0 Å². The molecule has 0 fully saturated rings. The van der Waals surface area contributed by atoms with Gasteiger partial charge in [0.15, 0.2) is 0 Å². The van der Waals surface area contributed by atoms with Crippen molar-refractivity contribution >= 4 is 23.2 Å². The average molecular weight is 300 g/mol. The van der Waals surface area contributed by atoms with Crippen molar-refractivity contribution in [1.29, 1.82) is 0 Å². The van der Waals surface area contributed by atoms with Gasteiger partial charge in [0.25, 0.3) is 0 Å². The number of benzene rings is 1. The van der Waals surface area contributed by atoms with Gasteiger partial charge in [-0.2, -0.15) is 13.2 Å². The molecule has 0 aliphatic carbocycles. The molecule has 0 atom stereocenters. The second-order valence-electron chi connectivity index (χ2n) is 4.33. The Balaban J connectivity index is 2.90. The maximum absolute atomic E-state index is 12.2. The van der Waals surface area contributed by atoms with Crippen molar-refractivity contribution < 1.29 is 22.8 Å². The Hall–Kier alpha value is -2.31. The molecule has 0 bridgehead atoms. The Kier molecular flexibility index (Phi) is 5.52. The molecule has 114 valence electrons. The van der Waals surface area contributed by atoms with Crippen LogP contribution in [0.1, 0.15) is 20.3 Å². The second kappa shape index (κ2) is 6.92. The molecule has 0 heterocycles. The molecule has 2 amide bonds. The molecule has 0 saturated heterocycles. The number of para-hydroxylation sites is 2. The van der Waals surface area contributed by atoms with Gasteiger partial charge in [0.05, 0.1) is 11.4 Å². The van der Waals surface area contributed by atoms with E-state index in [-0.39, 0.29) is 11.4 Å².